The van der Waals surface area contributed by atoms with Crippen LogP contribution in [0.25, 0.3) is 0 Å². The number of unbranched alkanes of at least 4 members (excludes halogenated alkanes) is 1. The fourth-order valence-electron chi connectivity index (χ4n) is 8.09. The van der Waals surface area contributed by atoms with E-state index in [0.29, 0.717) is 17.1 Å². The maximum atomic E-state index is 13.6. The highest BCUT2D eigenvalue weighted by Crippen LogP contribution is 2.65. The SMILES string of the molecule is CC(C)(C)CCCC[C@H]1CCC2C3CC=C4C[C@@H](O)CCC4(C)C3C(=O)CC21C. The van der Waals surface area contributed by atoms with Crippen molar-refractivity contribution in [3.8, 4) is 0 Å². The van der Waals surface area contributed by atoms with E-state index in [9.17, 15) is 9.90 Å². The minimum Gasteiger partial charge on any atom is -0.393 e. The second kappa shape index (κ2) is 7.50. The number of hydrogen-bond acceptors (Lipinski definition) is 2. The van der Waals surface area contributed by atoms with Gasteiger partial charge in [-0.05, 0) is 85.4 Å². The smallest absolute Gasteiger partial charge is 0.137 e. The molecule has 0 bridgehead atoms. The highest BCUT2D eigenvalue weighted by atomic mass is 16.3. The predicted octanol–water partition coefficient (Wildman–Crippen LogP) is 6.71. The molecule has 0 radical (unpaired) electrons. The Bertz CT molecular complexity index is 671. The van der Waals surface area contributed by atoms with Crippen molar-refractivity contribution in [2.45, 2.75) is 111 Å². The lowest BCUT2D eigenvalue weighted by atomic mass is 9.47. The lowest BCUT2D eigenvalue weighted by Crippen LogP contribution is -2.54. The van der Waals surface area contributed by atoms with E-state index in [1.165, 1.54) is 44.1 Å². The molecule has 29 heavy (non-hydrogen) atoms. The van der Waals surface area contributed by atoms with Crippen molar-refractivity contribution in [2.75, 3.05) is 0 Å². The molecular weight excluding hydrogens is 356 g/mol. The maximum absolute atomic E-state index is 13.6. The number of aliphatic hydroxyl groups is 1. The van der Waals surface area contributed by atoms with E-state index in [1.54, 1.807) is 0 Å². The summed E-state index contributed by atoms with van der Waals surface area (Å²) in [5.74, 6) is 2.78. The zero-order valence-corrected chi connectivity index (χ0v) is 19.6. The number of Topliss-reactive ketones (excluding diaryl/α,β-unsaturated/α-hetero) is 1. The van der Waals surface area contributed by atoms with Crippen LogP contribution in [0.5, 0.6) is 0 Å². The van der Waals surface area contributed by atoms with Gasteiger partial charge in [0, 0.05) is 12.3 Å². The molecule has 3 fully saturated rings. The Morgan fingerprint density at radius 2 is 1.90 bits per heavy atom. The summed E-state index contributed by atoms with van der Waals surface area (Å²) in [7, 11) is 0. The molecule has 0 aromatic rings. The van der Waals surface area contributed by atoms with Gasteiger partial charge in [-0.1, -0.05) is 59.1 Å². The lowest BCUT2D eigenvalue weighted by molar-refractivity contribution is -0.144. The topological polar surface area (TPSA) is 37.3 Å². The van der Waals surface area contributed by atoms with Crippen LogP contribution in [0.1, 0.15) is 105 Å². The molecule has 5 unspecified atom stereocenters. The summed E-state index contributed by atoms with van der Waals surface area (Å²) in [5.41, 5.74) is 2.08. The first-order valence-corrected chi connectivity index (χ1v) is 12.4. The van der Waals surface area contributed by atoms with Crippen molar-refractivity contribution in [1.82, 2.24) is 0 Å². The first kappa shape index (κ1) is 21.6. The van der Waals surface area contributed by atoms with Crippen molar-refractivity contribution in [1.29, 1.82) is 0 Å². The van der Waals surface area contributed by atoms with E-state index in [2.05, 4.69) is 40.7 Å². The molecule has 4 aliphatic rings. The van der Waals surface area contributed by atoms with Crippen LogP contribution in [0, 0.1) is 39.9 Å². The third-order valence-electron chi connectivity index (χ3n) is 9.69. The summed E-state index contributed by atoms with van der Waals surface area (Å²) in [6, 6.07) is 0. The second-order valence-electron chi connectivity index (χ2n) is 12.8. The highest BCUT2D eigenvalue weighted by Gasteiger charge is 2.61. The fraction of sp³-hybridized carbons (Fsp3) is 0.889. The molecule has 0 aromatic carbocycles. The summed E-state index contributed by atoms with van der Waals surface area (Å²) < 4.78 is 0. The molecule has 3 saturated carbocycles. The third kappa shape index (κ3) is 3.77. The average Bonchev–Trinajstić information content (AvgIpc) is 2.94. The van der Waals surface area contributed by atoms with Crippen LogP contribution in [0.3, 0.4) is 0 Å². The lowest BCUT2D eigenvalue weighted by Gasteiger charge is -2.57. The molecule has 164 valence electrons. The van der Waals surface area contributed by atoms with E-state index in [4.69, 9.17) is 0 Å². The molecule has 0 saturated heterocycles. The van der Waals surface area contributed by atoms with E-state index in [1.807, 2.05) is 0 Å². The molecule has 7 atom stereocenters. The minimum atomic E-state index is -0.196. The van der Waals surface area contributed by atoms with E-state index in [0.717, 1.165) is 43.9 Å². The zero-order chi connectivity index (χ0) is 21.0. The Morgan fingerprint density at radius 3 is 2.62 bits per heavy atom. The van der Waals surface area contributed by atoms with Crippen LogP contribution >= 0.6 is 0 Å². The molecule has 4 rings (SSSR count). The van der Waals surface area contributed by atoms with Gasteiger partial charge < -0.3 is 5.11 Å². The molecular formula is C27H44O2. The van der Waals surface area contributed by atoms with Gasteiger partial charge in [-0.3, -0.25) is 4.79 Å². The summed E-state index contributed by atoms with van der Waals surface area (Å²) >= 11 is 0. The monoisotopic (exact) mass is 400 g/mol. The van der Waals surface area contributed by atoms with Crippen LogP contribution < -0.4 is 0 Å². The molecule has 0 amide bonds. The first-order valence-electron chi connectivity index (χ1n) is 12.4. The molecule has 0 aromatic heterocycles. The molecule has 2 nitrogen and oxygen atoms in total. The normalized spacial score (nSPS) is 44.7. The van der Waals surface area contributed by atoms with Gasteiger partial charge in [0.2, 0.25) is 0 Å². The molecule has 0 spiro atoms. The fourth-order valence-corrected chi connectivity index (χ4v) is 8.09. The van der Waals surface area contributed by atoms with Gasteiger partial charge in [-0.2, -0.15) is 0 Å². The van der Waals surface area contributed by atoms with Gasteiger partial charge in [0.15, 0.2) is 0 Å². The number of hydrogen-bond donors (Lipinski definition) is 1. The number of carbonyl (C=O) groups excluding carboxylic acids is 1. The van der Waals surface area contributed by atoms with Crippen LogP contribution in [0.4, 0.5) is 0 Å². The zero-order valence-electron chi connectivity index (χ0n) is 19.6. The van der Waals surface area contributed by atoms with E-state index >= 15 is 0 Å². The van der Waals surface area contributed by atoms with Crippen LogP contribution in [-0.2, 0) is 4.79 Å². The summed E-state index contributed by atoms with van der Waals surface area (Å²) in [6.45, 7) is 11.8. The summed E-state index contributed by atoms with van der Waals surface area (Å²) in [5, 5.41) is 10.2. The first-order chi connectivity index (χ1) is 13.5. The molecule has 1 N–H and O–H groups in total. The van der Waals surface area contributed by atoms with Crippen molar-refractivity contribution < 1.29 is 9.90 Å². The Hall–Kier alpha value is -0.630. The Balaban J connectivity index is 1.49. The van der Waals surface area contributed by atoms with Crippen LogP contribution in [-0.4, -0.2) is 17.0 Å². The molecule has 2 heteroatoms. The quantitative estimate of drug-likeness (QED) is 0.420. The largest absolute Gasteiger partial charge is 0.393 e. The highest BCUT2D eigenvalue weighted by molar-refractivity contribution is 5.85. The standard InChI is InChI=1S/C27H44O2/c1-25(2,3)14-7-6-8-18-10-12-22-21-11-9-19-16-20(28)13-15-26(19,4)24(21)23(29)17-27(18,22)5/h9,18,20-22,24,28H,6-8,10-17H2,1-5H3/t18-,20-,21?,22?,24?,26?,27?/m0/s1. The molecule has 0 aliphatic heterocycles. The van der Waals surface area contributed by atoms with E-state index < -0.39 is 0 Å². The van der Waals surface area contributed by atoms with Gasteiger partial charge in [0.25, 0.3) is 0 Å². The maximum Gasteiger partial charge on any atom is 0.137 e. The summed E-state index contributed by atoms with van der Waals surface area (Å²) in [6.07, 6.45) is 14.7. The van der Waals surface area contributed by atoms with Crippen molar-refractivity contribution in [3.05, 3.63) is 11.6 Å². The Morgan fingerprint density at radius 1 is 1.14 bits per heavy atom. The number of aliphatic hydroxyl groups excluding tert-OH is 1. The number of carbonyl (C=O) groups is 1. The third-order valence-corrected chi connectivity index (χ3v) is 9.69. The van der Waals surface area contributed by atoms with Crippen molar-refractivity contribution in [3.63, 3.8) is 0 Å². The molecule has 4 aliphatic carbocycles. The minimum absolute atomic E-state index is 0.0192. The van der Waals surface area contributed by atoms with Gasteiger partial charge in [0.1, 0.15) is 5.78 Å². The van der Waals surface area contributed by atoms with Gasteiger partial charge >= 0.3 is 0 Å². The van der Waals surface area contributed by atoms with Crippen molar-refractivity contribution in [2.24, 2.45) is 39.9 Å². The Labute approximate surface area is 178 Å². The average molecular weight is 401 g/mol. The van der Waals surface area contributed by atoms with E-state index in [-0.39, 0.29) is 22.9 Å². The Kier molecular flexibility index (Phi) is 5.59. The second-order valence-corrected chi connectivity index (χ2v) is 12.8. The molecule has 0 heterocycles. The van der Waals surface area contributed by atoms with Crippen LogP contribution in [0.2, 0.25) is 0 Å². The number of rotatable bonds is 4. The van der Waals surface area contributed by atoms with Crippen molar-refractivity contribution >= 4 is 5.78 Å². The van der Waals surface area contributed by atoms with Crippen LogP contribution in [0.15, 0.2) is 11.6 Å². The number of ketones is 1. The summed E-state index contributed by atoms with van der Waals surface area (Å²) in [4.78, 5) is 13.6. The van der Waals surface area contributed by atoms with Gasteiger partial charge in [-0.15, -0.1) is 0 Å². The number of fused-ring (bicyclic) bond motifs is 5. The predicted molar refractivity (Wildman–Crippen MR) is 120 cm³/mol. The van der Waals surface area contributed by atoms with Gasteiger partial charge in [-0.25, -0.2) is 0 Å². The van der Waals surface area contributed by atoms with Gasteiger partial charge in [0.05, 0.1) is 6.10 Å². The number of allylic oxidation sites excluding steroid dienone is 1.